The van der Waals surface area contributed by atoms with Crippen LogP contribution in [0, 0.1) is 0 Å². The first kappa shape index (κ1) is 13.3. The molecule has 96 valence electrons. The largest absolute Gasteiger partial charge is 0.274 e. The van der Waals surface area contributed by atoms with E-state index in [-0.39, 0.29) is 11.8 Å². The number of halogens is 1. The second-order valence-electron chi connectivity index (χ2n) is 4.48. The summed E-state index contributed by atoms with van der Waals surface area (Å²) in [5.41, 5.74) is 1.03. The highest BCUT2D eigenvalue weighted by molar-refractivity contribution is 9.10. The predicted octanol–water partition coefficient (Wildman–Crippen LogP) is 3.63. The average molecular weight is 310 g/mol. The summed E-state index contributed by atoms with van der Waals surface area (Å²) < 4.78 is 0.703. The lowest BCUT2D eigenvalue weighted by Gasteiger charge is -2.13. The Kier molecular flexibility index (Phi) is 4.17. The summed E-state index contributed by atoms with van der Waals surface area (Å²) in [5.74, 6) is -0.327. The monoisotopic (exact) mass is 309 g/mol. The van der Waals surface area contributed by atoms with E-state index in [9.17, 15) is 9.59 Å². The molecule has 0 atom stereocenters. The van der Waals surface area contributed by atoms with Gasteiger partial charge in [-0.15, -0.1) is 0 Å². The number of nitrogens with zero attached hydrogens (tertiary/aromatic N) is 1. The number of carbonyl (C=O) groups is 2. The van der Waals surface area contributed by atoms with Gasteiger partial charge in [0.15, 0.2) is 0 Å². The predicted molar refractivity (Wildman–Crippen MR) is 73.7 cm³/mol. The van der Waals surface area contributed by atoms with E-state index in [2.05, 4.69) is 22.9 Å². The van der Waals surface area contributed by atoms with Gasteiger partial charge in [-0.25, -0.2) is 0 Å². The van der Waals surface area contributed by atoms with Gasteiger partial charge in [0.1, 0.15) is 0 Å². The average Bonchev–Trinajstić information content (AvgIpc) is 2.60. The standard InChI is InChI=1S/C14H16BrNO2/c1-2-3-4-5-9-16-13(17)10-7-6-8-11(15)12(10)14(16)18/h6-8H,2-5,9H2,1H3. The molecule has 1 aromatic rings. The number of rotatable bonds is 5. The Morgan fingerprint density at radius 2 is 1.89 bits per heavy atom. The zero-order chi connectivity index (χ0) is 13.1. The summed E-state index contributed by atoms with van der Waals surface area (Å²) in [6.07, 6.45) is 4.24. The van der Waals surface area contributed by atoms with E-state index in [1.54, 1.807) is 18.2 Å². The number of fused-ring (bicyclic) bond motifs is 1. The Bertz CT molecular complexity index is 485. The van der Waals surface area contributed by atoms with E-state index in [4.69, 9.17) is 0 Å². The number of hydrogen-bond donors (Lipinski definition) is 0. The molecule has 0 fully saturated rings. The first-order valence-electron chi connectivity index (χ1n) is 6.31. The Morgan fingerprint density at radius 3 is 2.56 bits per heavy atom. The van der Waals surface area contributed by atoms with E-state index < -0.39 is 0 Å². The summed E-state index contributed by atoms with van der Waals surface area (Å²) in [6.45, 7) is 2.66. The van der Waals surface area contributed by atoms with Crippen molar-refractivity contribution in [3.8, 4) is 0 Å². The van der Waals surface area contributed by atoms with Crippen molar-refractivity contribution in [3.63, 3.8) is 0 Å². The fourth-order valence-corrected chi connectivity index (χ4v) is 2.73. The van der Waals surface area contributed by atoms with Gasteiger partial charge < -0.3 is 0 Å². The zero-order valence-electron chi connectivity index (χ0n) is 10.4. The van der Waals surface area contributed by atoms with Gasteiger partial charge in [-0.3, -0.25) is 14.5 Å². The van der Waals surface area contributed by atoms with Crippen LogP contribution in [0.3, 0.4) is 0 Å². The van der Waals surface area contributed by atoms with Crippen molar-refractivity contribution in [1.29, 1.82) is 0 Å². The Morgan fingerprint density at radius 1 is 1.11 bits per heavy atom. The fourth-order valence-electron chi connectivity index (χ4n) is 2.19. The van der Waals surface area contributed by atoms with Crippen molar-refractivity contribution in [2.75, 3.05) is 6.54 Å². The Hall–Kier alpha value is -1.16. The highest BCUT2D eigenvalue weighted by Gasteiger charge is 2.36. The third kappa shape index (κ3) is 2.34. The van der Waals surface area contributed by atoms with Crippen molar-refractivity contribution in [2.24, 2.45) is 0 Å². The molecular formula is C14H16BrNO2. The van der Waals surface area contributed by atoms with Crippen LogP contribution in [0.25, 0.3) is 0 Å². The lowest BCUT2D eigenvalue weighted by molar-refractivity contribution is 0.0651. The van der Waals surface area contributed by atoms with Crippen molar-refractivity contribution in [3.05, 3.63) is 33.8 Å². The summed E-state index contributed by atoms with van der Waals surface area (Å²) in [4.78, 5) is 25.6. The smallest absolute Gasteiger partial charge is 0.262 e. The van der Waals surface area contributed by atoms with Gasteiger partial charge in [-0.1, -0.05) is 32.3 Å². The van der Waals surface area contributed by atoms with Crippen LogP contribution in [0.4, 0.5) is 0 Å². The Balaban J connectivity index is 2.11. The molecule has 1 aliphatic rings. The topological polar surface area (TPSA) is 37.4 Å². The normalized spacial score (nSPS) is 14.2. The third-order valence-electron chi connectivity index (χ3n) is 3.18. The molecule has 4 heteroatoms. The van der Waals surface area contributed by atoms with E-state index in [1.165, 1.54) is 4.90 Å². The molecule has 1 aliphatic heterocycles. The van der Waals surface area contributed by atoms with Gasteiger partial charge in [0.05, 0.1) is 11.1 Å². The molecule has 18 heavy (non-hydrogen) atoms. The van der Waals surface area contributed by atoms with Crippen LogP contribution in [0.5, 0.6) is 0 Å². The lowest BCUT2D eigenvalue weighted by Crippen LogP contribution is -2.30. The van der Waals surface area contributed by atoms with Crippen LogP contribution in [-0.2, 0) is 0 Å². The molecule has 0 aliphatic carbocycles. The molecule has 0 spiro atoms. The molecule has 0 saturated heterocycles. The van der Waals surface area contributed by atoms with Gasteiger partial charge in [-0.2, -0.15) is 0 Å². The Labute approximate surface area is 115 Å². The molecule has 1 heterocycles. The maximum absolute atomic E-state index is 12.2. The molecule has 0 unspecified atom stereocenters. The number of carbonyl (C=O) groups excluding carboxylic acids is 2. The van der Waals surface area contributed by atoms with Gasteiger partial charge in [-0.05, 0) is 34.5 Å². The quantitative estimate of drug-likeness (QED) is 0.615. The summed E-state index contributed by atoms with van der Waals surface area (Å²) in [5, 5.41) is 0. The van der Waals surface area contributed by atoms with Crippen LogP contribution in [-0.4, -0.2) is 23.3 Å². The van der Waals surface area contributed by atoms with Gasteiger partial charge in [0, 0.05) is 11.0 Å². The molecule has 0 N–H and O–H groups in total. The SMILES string of the molecule is CCCCCCN1C(=O)c2cccc(Br)c2C1=O. The van der Waals surface area contributed by atoms with Crippen molar-refractivity contribution < 1.29 is 9.59 Å². The number of amides is 2. The van der Waals surface area contributed by atoms with Crippen LogP contribution < -0.4 is 0 Å². The van der Waals surface area contributed by atoms with Crippen LogP contribution in [0.1, 0.15) is 53.3 Å². The second-order valence-corrected chi connectivity index (χ2v) is 5.34. The number of imide groups is 1. The summed E-state index contributed by atoms with van der Waals surface area (Å²) >= 11 is 3.34. The van der Waals surface area contributed by atoms with Crippen LogP contribution in [0.2, 0.25) is 0 Å². The number of benzene rings is 1. The van der Waals surface area contributed by atoms with Gasteiger partial charge in [0.25, 0.3) is 11.8 Å². The number of unbranched alkanes of at least 4 members (excludes halogenated alkanes) is 3. The summed E-state index contributed by atoms with van der Waals surface area (Å²) in [7, 11) is 0. The highest BCUT2D eigenvalue weighted by atomic mass is 79.9. The van der Waals surface area contributed by atoms with Gasteiger partial charge >= 0.3 is 0 Å². The van der Waals surface area contributed by atoms with Crippen molar-refractivity contribution in [2.45, 2.75) is 32.6 Å². The minimum Gasteiger partial charge on any atom is -0.274 e. The molecule has 0 saturated carbocycles. The molecule has 0 aromatic heterocycles. The minimum atomic E-state index is -0.168. The molecule has 2 amide bonds. The lowest BCUT2D eigenvalue weighted by atomic mass is 10.1. The third-order valence-corrected chi connectivity index (χ3v) is 3.84. The molecular weight excluding hydrogens is 294 g/mol. The maximum atomic E-state index is 12.2. The van der Waals surface area contributed by atoms with Crippen LogP contribution in [0.15, 0.2) is 22.7 Å². The molecule has 0 radical (unpaired) electrons. The van der Waals surface area contributed by atoms with E-state index in [1.807, 2.05) is 0 Å². The van der Waals surface area contributed by atoms with Crippen LogP contribution >= 0.6 is 15.9 Å². The highest BCUT2D eigenvalue weighted by Crippen LogP contribution is 2.29. The number of hydrogen-bond acceptors (Lipinski definition) is 2. The summed E-state index contributed by atoms with van der Waals surface area (Å²) in [6, 6.07) is 5.30. The van der Waals surface area contributed by atoms with E-state index in [0.29, 0.717) is 22.1 Å². The minimum absolute atomic E-state index is 0.159. The van der Waals surface area contributed by atoms with E-state index >= 15 is 0 Å². The van der Waals surface area contributed by atoms with Gasteiger partial charge in [0.2, 0.25) is 0 Å². The first-order chi connectivity index (χ1) is 8.66. The second kappa shape index (κ2) is 5.65. The molecule has 1 aromatic carbocycles. The van der Waals surface area contributed by atoms with Crippen molar-refractivity contribution in [1.82, 2.24) is 4.90 Å². The maximum Gasteiger partial charge on any atom is 0.262 e. The van der Waals surface area contributed by atoms with E-state index in [0.717, 1.165) is 25.7 Å². The zero-order valence-corrected chi connectivity index (χ0v) is 12.0. The molecule has 2 rings (SSSR count). The first-order valence-corrected chi connectivity index (χ1v) is 7.10. The molecule has 3 nitrogen and oxygen atoms in total. The molecule has 0 bridgehead atoms. The van der Waals surface area contributed by atoms with Crippen molar-refractivity contribution >= 4 is 27.7 Å². The fraction of sp³-hybridized carbons (Fsp3) is 0.429.